The van der Waals surface area contributed by atoms with E-state index in [0.717, 1.165) is 17.9 Å². The van der Waals surface area contributed by atoms with E-state index in [2.05, 4.69) is 13.0 Å². The zero-order valence-corrected chi connectivity index (χ0v) is 7.42. The largest absolute Gasteiger partial charge is 0.461 e. The maximum Gasteiger partial charge on any atom is 0.131 e. The Kier molecular flexibility index (Phi) is 1.58. The molecule has 1 aliphatic carbocycles. The Labute approximate surface area is 72.1 Å². The van der Waals surface area contributed by atoms with E-state index in [0.29, 0.717) is 0 Å². The average Bonchev–Trinajstić information content (AvgIpc) is 2.29. The van der Waals surface area contributed by atoms with Gasteiger partial charge in [0.05, 0.1) is 0 Å². The van der Waals surface area contributed by atoms with Gasteiger partial charge in [-0.2, -0.15) is 0 Å². The highest BCUT2D eigenvalue weighted by molar-refractivity contribution is 5.55. The number of furan rings is 1. The van der Waals surface area contributed by atoms with Gasteiger partial charge in [-0.3, -0.25) is 0 Å². The van der Waals surface area contributed by atoms with E-state index < -0.39 is 0 Å². The number of hydrogen-bond acceptors (Lipinski definition) is 2. The molecule has 0 aliphatic heterocycles. The van der Waals surface area contributed by atoms with Crippen LogP contribution in [0.4, 0.5) is 0 Å². The highest BCUT2D eigenvalue weighted by atomic mass is 16.3. The van der Waals surface area contributed by atoms with Gasteiger partial charge in [0.1, 0.15) is 11.5 Å². The van der Waals surface area contributed by atoms with Crippen molar-refractivity contribution in [3.05, 3.63) is 28.7 Å². The summed E-state index contributed by atoms with van der Waals surface area (Å²) in [5.41, 5.74) is 8.35. The molecule has 0 amide bonds. The Morgan fingerprint density at radius 3 is 2.92 bits per heavy atom. The molecule has 1 heterocycles. The molecule has 1 unspecified atom stereocenters. The molecule has 0 saturated heterocycles. The molecule has 0 radical (unpaired) electrons. The highest BCUT2D eigenvalue weighted by Gasteiger charge is 2.20. The predicted octanol–water partition coefficient (Wildman–Crippen LogP) is 2.31. The molecule has 0 aromatic carbocycles. The van der Waals surface area contributed by atoms with Crippen molar-refractivity contribution >= 4 is 6.08 Å². The van der Waals surface area contributed by atoms with Gasteiger partial charge in [0, 0.05) is 11.6 Å². The van der Waals surface area contributed by atoms with Crippen LogP contribution in [0.25, 0.3) is 6.08 Å². The van der Waals surface area contributed by atoms with Crippen LogP contribution in [0, 0.1) is 13.8 Å². The third-order valence-corrected chi connectivity index (χ3v) is 2.49. The van der Waals surface area contributed by atoms with Crippen molar-refractivity contribution in [2.75, 3.05) is 0 Å². The lowest BCUT2D eigenvalue weighted by atomic mass is 9.96. The van der Waals surface area contributed by atoms with Crippen LogP contribution in [0.15, 0.2) is 10.5 Å². The zero-order chi connectivity index (χ0) is 8.72. The minimum Gasteiger partial charge on any atom is -0.461 e. The van der Waals surface area contributed by atoms with Gasteiger partial charge >= 0.3 is 0 Å². The summed E-state index contributed by atoms with van der Waals surface area (Å²) in [4.78, 5) is 0. The van der Waals surface area contributed by atoms with Gasteiger partial charge in [0.2, 0.25) is 0 Å². The van der Waals surface area contributed by atoms with Crippen LogP contribution in [0.2, 0.25) is 0 Å². The molecule has 1 aromatic heterocycles. The normalized spacial score (nSPS) is 21.1. The summed E-state index contributed by atoms with van der Waals surface area (Å²) in [6.07, 6.45) is 5.00. The Morgan fingerprint density at radius 2 is 2.25 bits per heavy atom. The molecule has 2 nitrogen and oxygen atoms in total. The fraction of sp³-hybridized carbons (Fsp3) is 0.400. The van der Waals surface area contributed by atoms with Crippen LogP contribution in [0.1, 0.15) is 35.1 Å². The molecule has 0 bridgehead atoms. The van der Waals surface area contributed by atoms with Crippen LogP contribution in [-0.2, 0) is 0 Å². The Morgan fingerprint density at radius 1 is 1.50 bits per heavy atom. The lowest BCUT2D eigenvalue weighted by Gasteiger charge is -2.12. The van der Waals surface area contributed by atoms with Gasteiger partial charge in [0.25, 0.3) is 0 Å². The summed E-state index contributed by atoms with van der Waals surface area (Å²) in [6, 6.07) is 0.127. The molecule has 1 aliphatic rings. The fourth-order valence-electron chi connectivity index (χ4n) is 1.70. The molecule has 0 spiro atoms. The van der Waals surface area contributed by atoms with Crippen molar-refractivity contribution in [1.82, 2.24) is 0 Å². The van der Waals surface area contributed by atoms with Crippen molar-refractivity contribution in [2.45, 2.75) is 26.3 Å². The number of nitrogens with two attached hydrogens (primary N) is 1. The van der Waals surface area contributed by atoms with Crippen molar-refractivity contribution in [2.24, 2.45) is 5.73 Å². The van der Waals surface area contributed by atoms with E-state index in [1.165, 1.54) is 11.1 Å². The van der Waals surface area contributed by atoms with Gasteiger partial charge in [0.15, 0.2) is 0 Å². The quantitative estimate of drug-likeness (QED) is 0.637. The van der Waals surface area contributed by atoms with Crippen LogP contribution in [0.5, 0.6) is 0 Å². The minimum absolute atomic E-state index is 0.127. The summed E-state index contributed by atoms with van der Waals surface area (Å²) in [5.74, 6) is 1.94. The maximum atomic E-state index is 5.95. The zero-order valence-electron chi connectivity index (χ0n) is 7.42. The lowest BCUT2D eigenvalue weighted by molar-refractivity contribution is 0.514. The van der Waals surface area contributed by atoms with E-state index in [4.69, 9.17) is 10.2 Å². The van der Waals surface area contributed by atoms with Gasteiger partial charge in [-0.15, -0.1) is 0 Å². The topological polar surface area (TPSA) is 39.2 Å². The molecule has 2 N–H and O–H groups in total. The summed E-state index contributed by atoms with van der Waals surface area (Å²) in [6.45, 7) is 4.05. The first kappa shape index (κ1) is 7.62. The van der Waals surface area contributed by atoms with Crippen LogP contribution in [-0.4, -0.2) is 0 Å². The molecule has 0 fully saturated rings. The molecular formula is C10H13NO. The Balaban J connectivity index is 2.62. The van der Waals surface area contributed by atoms with E-state index in [-0.39, 0.29) is 6.04 Å². The van der Waals surface area contributed by atoms with E-state index >= 15 is 0 Å². The monoisotopic (exact) mass is 163 g/mol. The van der Waals surface area contributed by atoms with E-state index in [9.17, 15) is 0 Å². The average molecular weight is 163 g/mol. The van der Waals surface area contributed by atoms with Gasteiger partial charge in [-0.05, 0) is 31.9 Å². The first-order valence-electron chi connectivity index (χ1n) is 4.22. The fourth-order valence-corrected chi connectivity index (χ4v) is 1.70. The molecule has 1 aromatic rings. The van der Waals surface area contributed by atoms with Crippen LogP contribution < -0.4 is 5.73 Å². The second-order valence-corrected chi connectivity index (χ2v) is 3.31. The second kappa shape index (κ2) is 2.49. The third-order valence-electron chi connectivity index (χ3n) is 2.49. The smallest absolute Gasteiger partial charge is 0.131 e. The van der Waals surface area contributed by atoms with Gasteiger partial charge in [-0.1, -0.05) is 6.08 Å². The lowest BCUT2D eigenvalue weighted by Crippen LogP contribution is -2.12. The Bertz CT molecular complexity index is 336. The molecule has 1 atom stereocenters. The summed E-state index contributed by atoms with van der Waals surface area (Å²) in [5, 5.41) is 0. The van der Waals surface area contributed by atoms with Crippen molar-refractivity contribution in [3.8, 4) is 0 Å². The van der Waals surface area contributed by atoms with E-state index in [1.54, 1.807) is 0 Å². The number of aryl methyl sites for hydroxylation is 1. The van der Waals surface area contributed by atoms with Crippen molar-refractivity contribution in [3.63, 3.8) is 0 Å². The predicted molar refractivity (Wildman–Crippen MR) is 48.8 cm³/mol. The molecule has 2 heteroatoms. The summed E-state index contributed by atoms with van der Waals surface area (Å²) >= 11 is 0. The van der Waals surface area contributed by atoms with Crippen molar-refractivity contribution < 1.29 is 4.42 Å². The highest BCUT2D eigenvalue weighted by Crippen LogP contribution is 2.32. The SMILES string of the molecule is Cc1oc2c(c1C)C(N)CC=C2. The number of rotatable bonds is 0. The first-order valence-corrected chi connectivity index (χ1v) is 4.22. The van der Waals surface area contributed by atoms with Crippen LogP contribution in [0.3, 0.4) is 0 Å². The number of hydrogen-bond donors (Lipinski definition) is 1. The van der Waals surface area contributed by atoms with Crippen molar-refractivity contribution in [1.29, 1.82) is 0 Å². The molecule has 64 valence electrons. The molecule has 2 rings (SSSR count). The summed E-state index contributed by atoms with van der Waals surface area (Å²) in [7, 11) is 0. The summed E-state index contributed by atoms with van der Waals surface area (Å²) < 4.78 is 5.54. The minimum atomic E-state index is 0.127. The molecular weight excluding hydrogens is 150 g/mol. The van der Waals surface area contributed by atoms with E-state index in [1.807, 2.05) is 13.0 Å². The third kappa shape index (κ3) is 0.916. The maximum absolute atomic E-state index is 5.95. The number of fused-ring (bicyclic) bond motifs is 1. The van der Waals surface area contributed by atoms with Gasteiger partial charge < -0.3 is 10.2 Å². The first-order chi connectivity index (χ1) is 5.70. The second-order valence-electron chi connectivity index (χ2n) is 3.31. The standard InChI is InChI=1S/C10H13NO/c1-6-7(2)12-9-5-3-4-8(11)10(6)9/h3,5,8H,4,11H2,1-2H3. The van der Waals surface area contributed by atoms with Gasteiger partial charge in [-0.25, -0.2) is 0 Å². The molecule has 12 heavy (non-hydrogen) atoms. The van der Waals surface area contributed by atoms with Crippen LogP contribution >= 0.6 is 0 Å². The Hall–Kier alpha value is -1.02. The molecule has 0 saturated carbocycles.